The monoisotopic (exact) mass is 393 g/mol. The zero-order valence-corrected chi connectivity index (χ0v) is 16.4. The summed E-state index contributed by atoms with van der Waals surface area (Å²) in [5, 5.41) is 10.9. The molecule has 1 aliphatic heterocycles. The quantitative estimate of drug-likeness (QED) is 0.528. The molecule has 0 saturated heterocycles. The number of H-pyrrole nitrogens is 1. The number of carbonyl (C=O) groups is 1. The van der Waals surface area contributed by atoms with Gasteiger partial charge in [0.15, 0.2) is 5.82 Å². The van der Waals surface area contributed by atoms with Crippen LogP contribution in [0.1, 0.15) is 30.0 Å². The molecule has 30 heavy (non-hydrogen) atoms. The van der Waals surface area contributed by atoms with Gasteiger partial charge in [0.2, 0.25) is 5.91 Å². The lowest BCUT2D eigenvalue weighted by Gasteiger charge is -2.07. The Bertz CT molecular complexity index is 1300. The zero-order valence-electron chi connectivity index (χ0n) is 16.4. The van der Waals surface area contributed by atoms with Crippen LogP contribution < -0.4 is 5.32 Å². The molecule has 1 amide bonds. The molecule has 4 aromatic rings. The number of fused-ring (bicyclic) bond motifs is 1. The van der Waals surface area contributed by atoms with Crippen LogP contribution in [0.3, 0.4) is 0 Å². The first-order valence-electron chi connectivity index (χ1n) is 9.71. The van der Waals surface area contributed by atoms with E-state index in [4.69, 9.17) is 4.99 Å². The van der Waals surface area contributed by atoms with Gasteiger partial charge in [-0.2, -0.15) is 5.10 Å². The number of aromatic nitrogens is 3. The molecule has 6 nitrogen and oxygen atoms in total. The third-order valence-corrected chi connectivity index (χ3v) is 5.14. The minimum atomic E-state index is -0.146. The minimum absolute atomic E-state index is 0.146. The summed E-state index contributed by atoms with van der Waals surface area (Å²) in [4.78, 5) is 20.5. The number of hydrogen-bond donors (Lipinski definition) is 2. The Labute approximate surface area is 173 Å². The largest absolute Gasteiger partial charge is 0.309 e. The molecule has 2 aromatic heterocycles. The molecule has 146 valence electrons. The van der Waals surface area contributed by atoms with E-state index in [0.717, 1.165) is 51.0 Å². The maximum atomic E-state index is 11.4. The average Bonchev–Trinajstić information content (AvgIpc) is 3.39. The zero-order chi connectivity index (χ0) is 20.5. The predicted molar refractivity (Wildman–Crippen MR) is 119 cm³/mol. The average molecular weight is 393 g/mol. The standard InChI is InChI=1S/C24H19N5O/c1-15(30)26-24-19-8-7-18(13-22(19)28-29-24)20-14-21(16-5-3-2-4-6-16)27-23(20)17-9-11-25-12-10-17/h2-13H,14H2,1H3,(H2,26,28,29,30). The molecule has 1 aliphatic rings. The van der Waals surface area contributed by atoms with Crippen LogP contribution in [-0.4, -0.2) is 26.8 Å². The van der Waals surface area contributed by atoms with Crippen molar-refractivity contribution in [3.05, 3.63) is 89.7 Å². The molecule has 0 aliphatic carbocycles. The number of pyridine rings is 1. The van der Waals surface area contributed by atoms with E-state index in [1.54, 1.807) is 12.4 Å². The highest BCUT2D eigenvalue weighted by Crippen LogP contribution is 2.38. The Morgan fingerprint density at radius 1 is 0.967 bits per heavy atom. The lowest BCUT2D eigenvalue weighted by Crippen LogP contribution is -2.06. The number of carbonyl (C=O) groups excluding carboxylic acids is 1. The van der Waals surface area contributed by atoms with Crippen LogP contribution in [0, 0.1) is 0 Å². The number of hydrogen-bond acceptors (Lipinski definition) is 4. The molecular formula is C24H19N5O. The number of nitrogens with one attached hydrogen (secondary N) is 2. The van der Waals surface area contributed by atoms with Gasteiger partial charge in [-0.1, -0.05) is 36.4 Å². The number of benzene rings is 2. The summed E-state index contributed by atoms with van der Waals surface area (Å²) >= 11 is 0. The molecule has 2 N–H and O–H groups in total. The van der Waals surface area contributed by atoms with Crippen molar-refractivity contribution in [3.8, 4) is 0 Å². The van der Waals surface area contributed by atoms with E-state index in [9.17, 15) is 4.79 Å². The van der Waals surface area contributed by atoms with E-state index in [2.05, 4.69) is 44.8 Å². The van der Waals surface area contributed by atoms with E-state index in [1.165, 1.54) is 6.92 Å². The molecule has 0 bridgehead atoms. The highest BCUT2D eigenvalue weighted by Gasteiger charge is 2.22. The molecule has 0 fully saturated rings. The van der Waals surface area contributed by atoms with Crippen molar-refractivity contribution in [1.29, 1.82) is 0 Å². The van der Waals surface area contributed by atoms with Crippen molar-refractivity contribution < 1.29 is 4.79 Å². The summed E-state index contributed by atoms with van der Waals surface area (Å²) in [6.45, 7) is 1.47. The maximum Gasteiger partial charge on any atom is 0.222 e. The predicted octanol–water partition coefficient (Wildman–Crippen LogP) is 4.68. The second kappa shape index (κ2) is 7.40. The molecule has 3 heterocycles. The number of aliphatic imine (C=N–C) groups is 1. The Morgan fingerprint density at radius 3 is 2.53 bits per heavy atom. The van der Waals surface area contributed by atoms with Crippen LogP contribution in [0.4, 0.5) is 5.82 Å². The molecule has 0 spiro atoms. The van der Waals surface area contributed by atoms with Crippen molar-refractivity contribution >= 4 is 39.6 Å². The van der Waals surface area contributed by atoms with E-state index in [1.807, 2.05) is 36.4 Å². The van der Waals surface area contributed by atoms with Crippen LogP contribution in [-0.2, 0) is 4.79 Å². The molecule has 0 radical (unpaired) electrons. The number of amides is 1. The summed E-state index contributed by atoms with van der Waals surface area (Å²) in [5.41, 5.74) is 7.24. The summed E-state index contributed by atoms with van der Waals surface area (Å²) in [6.07, 6.45) is 4.31. The van der Waals surface area contributed by atoms with Crippen LogP contribution in [0.25, 0.3) is 22.2 Å². The molecule has 2 aromatic carbocycles. The molecular weight excluding hydrogens is 374 g/mol. The van der Waals surface area contributed by atoms with Crippen molar-refractivity contribution in [2.75, 3.05) is 5.32 Å². The van der Waals surface area contributed by atoms with Gasteiger partial charge in [0.25, 0.3) is 0 Å². The van der Waals surface area contributed by atoms with E-state index in [0.29, 0.717) is 5.82 Å². The third kappa shape index (κ3) is 3.28. The van der Waals surface area contributed by atoms with E-state index < -0.39 is 0 Å². The van der Waals surface area contributed by atoms with Gasteiger partial charge < -0.3 is 5.32 Å². The Balaban J connectivity index is 1.60. The van der Waals surface area contributed by atoms with Gasteiger partial charge in [0.1, 0.15) is 0 Å². The summed E-state index contributed by atoms with van der Waals surface area (Å²) in [5.74, 6) is 0.395. The highest BCUT2D eigenvalue weighted by molar-refractivity contribution is 6.17. The second-order valence-electron chi connectivity index (χ2n) is 7.18. The van der Waals surface area contributed by atoms with Crippen LogP contribution >= 0.6 is 0 Å². The van der Waals surface area contributed by atoms with Gasteiger partial charge in [-0.15, -0.1) is 0 Å². The van der Waals surface area contributed by atoms with Gasteiger partial charge in [0.05, 0.1) is 16.9 Å². The van der Waals surface area contributed by atoms with Gasteiger partial charge in [-0.25, -0.2) is 0 Å². The second-order valence-corrected chi connectivity index (χ2v) is 7.18. The van der Waals surface area contributed by atoms with Gasteiger partial charge in [0, 0.05) is 36.7 Å². The molecule has 0 unspecified atom stereocenters. The van der Waals surface area contributed by atoms with E-state index in [-0.39, 0.29) is 5.91 Å². The summed E-state index contributed by atoms with van der Waals surface area (Å²) in [6, 6.07) is 20.3. The Morgan fingerprint density at radius 2 is 1.77 bits per heavy atom. The van der Waals surface area contributed by atoms with Gasteiger partial charge >= 0.3 is 0 Å². The molecule has 0 atom stereocenters. The lowest BCUT2D eigenvalue weighted by molar-refractivity contribution is -0.114. The first-order chi connectivity index (χ1) is 14.7. The summed E-state index contributed by atoms with van der Waals surface area (Å²) in [7, 11) is 0. The third-order valence-electron chi connectivity index (χ3n) is 5.14. The highest BCUT2D eigenvalue weighted by atomic mass is 16.1. The van der Waals surface area contributed by atoms with Crippen LogP contribution in [0.2, 0.25) is 0 Å². The lowest BCUT2D eigenvalue weighted by atomic mass is 9.95. The fraction of sp³-hybridized carbons (Fsp3) is 0.0833. The normalized spacial score (nSPS) is 13.6. The van der Waals surface area contributed by atoms with Crippen molar-refractivity contribution in [2.24, 2.45) is 4.99 Å². The van der Waals surface area contributed by atoms with Crippen LogP contribution in [0.5, 0.6) is 0 Å². The van der Waals surface area contributed by atoms with E-state index >= 15 is 0 Å². The maximum absolute atomic E-state index is 11.4. The number of anilines is 1. The topological polar surface area (TPSA) is 83.0 Å². The SMILES string of the molecule is CC(=O)Nc1n[nH]c2cc(C3=C(c4ccncc4)N=C(c4ccccc4)C3)ccc12. The van der Waals surface area contributed by atoms with Gasteiger partial charge in [-0.05, 0) is 41.0 Å². The fourth-order valence-electron chi connectivity index (χ4n) is 3.75. The van der Waals surface area contributed by atoms with Crippen molar-refractivity contribution in [3.63, 3.8) is 0 Å². The molecule has 5 rings (SSSR count). The molecule has 6 heteroatoms. The molecule has 0 saturated carbocycles. The van der Waals surface area contributed by atoms with Crippen molar-refractivity contribution in [2.45, 2.75) is 13.3 Å². The first-order valence-corrected chi connectivity index (χ1v) is 9.71. The first kappa shape index (κ1) is 18.0. The number of nitrogens with zero attached hydrogens (tertiary/aromatic N) is 3. The smallest absolute Gasteiger partial charge is 0.222 e. The minimum Gasteiger partial charge on any atom is -0.309 e. The number of rotatable bonds is 4. The number of aromatic amines is 1. The summed E-state index contributed by atoms with van der Waals surface area (Å²) < 4.78 is 0. The van der Waals surface area contributed by atoms with Crippen LogP contribution in [0.15, 0.2) is 78.0 Å². The Hall–Kier alpha value is -4.06. The van der Waals surface area contributed by atoms with Crippen molar-refractivity contribution in [1.82, 2.24) is 15.2 Å². The number of allylic oxidation sites excluding steroid dienone is 1. The van der Waals surface area contributed by atoms with Gasteiger partial charge in [-0.3, -0.25) is 19.9 Å². The fourth-order valence-corrected chi connectivity index (χ4v) is 3.75. The Kier molecular flexibility index (Phi) is 4.44.